The number of alkyl halides is 3. The van der Waals surface area contributed by atoms with Gasteiger partial charge in [0, 0.05) is 5.56 Å². The Morgan fingerprint density at radius 2 is 1.84 bits per heavy atom. The predicted octanol–water partition coefficient (Wildman–Crippen LogP) is 3.48. The number of carbonyl (C=O) groups is 1. The van der Waals surface area contributed by atoms with E-state index in [0.29, 0.717) is 10.9 Å². The highest BCUT2D eigenvalue weighted by atomic mass is 19.4. The van der Waals surface area contributed by atoms with Crippen molar-refractivity contribution in [2.45, 2.75) is 12.6 Å². The summed E-state index contributed by atoms with van der Waals surface area (Å²) in [5.41, 5.74) is 0.444. The zero-order chi connectivity index (χ0) is 13.6. The Labute approximate surface area is 106 Å². The van der Waals surface area contributed by atoms with E-state index in [0.717, 1.165) is 5.39 Å². The van der Waals surface area contributed by atoms with Gasteiger partial charge in [0.15, 0.2) is 5.92 Å². The van der Waals surface area contributed by atoms with Gasteiger partial charge in [0.05, 0.1) is 0 Å². The maximum atomic E-state index is 12.8. The molecule has 0 spiro atoms. The fourth-order valence-corrected chi connectivity index (χ4v) is 2.34. The molecular formula is C14H9F3O2. The fraction of sp³-hybridized carbons (Fsp3) is 0.214. The number of carbonyl (C=O) groups excluding carboxylic acids is 1. The van der Waals surface area contributed by atoms with Gasteiger partial charge in [-0.3, -0.25) is 4.79 Å². The average molecular weight is 266 g/mol. The Balaban J connectivity index is 2.16. The van der Waals surface area contributed by atoms with Gasteiger partial charge in [-0.15, -0.1) is 0 Å². The number of rotatable bonds is 0. The molecule has 98 valence electrons. The van der Waals surface area contributed by atoms with E-state index < -0.39 is 18.1 Å². The standard InChI is InChI=1S/C14H9F3O2/c15-14(16,17)11-7-10-9-4-2-1-3-8(9)5-6-12(10)19-13(11)18/h1-6,11H,7H2. The Kier molecular flexibility index (Phi) is 2.52. The Morgan fingerprint density at radius 1 is 1.11 bits per heavy atom. The zero-order valence-corrected chi connectivity index (χ0v) is 9.70. The number of halogens is 3. The van der Waals surface area contributed by atoms with E-state index in [1.165, 1.54) is 0 Å². The van der Waals surface area contributed by atoms with Gasteiger partial charge in [-0.2, -0.15) is 13.2 Å². The topological polar surface area (TPSA) is 26.3 Å². The number of hydrogen-bond acceptors (Lipinski definition) is 2. The molecule has 2 aromatic rings. The van der Waals surface area contributed by atoms with E-state index in [2.05, 4.69) is 0 Å². The SMILES string of the molecule is O=C1Oc2ccc3ccccc3c2CC1C(F)(F)F. The van der Waals surface area contributed by atoms with Crippen LogP contribution in [0.5, 0.6) is 5.75 Å². The lowest BCUT2D eigenvalue weighted by Gasteiger charge is -2.26. The molecule has 1 unspecified atom stereocenters. The first kappa shape index (κ1) is 12.0. The third-order valence-corrected chi connectivity index (χ3v) is 3.30. The molecule has 0 aromatic heterocycles. The molecule has 0 fully saturated rings. The van der Waals surface area contributed by atoms with Crippen molar-refractivity contribution in [2.75, 3.05) is 0 Å². The summed E-state index contributed by atoms with van der Waals surface area (Å²) in [6.45, 7) is 0. The van der Waals surface area contributed by atoms with E-state index in [9.17, 15) is 18.0 Å². The minimum absolute atomic E-state index is 0.226. The summed E-state index contributed by atoms with van der Waals surface area (Å²) in [6.07, 6.45) is -4.94. The van der Waals surface area contributed by atoms with Crippen LogP contribution in [0, 0.1) is 5.92 Å². The van der Waals surface area contributed by atoms with Gasteiger partial charge in [0.2, 0.25) is 0 Å². The molecule has 2 nitrogen and oxygen atoms in total. The molecule has 1 atom stereocenters. The number of ether oxygens (including phenoxy) is 1. The van der Waals surface area contributed by atoms with E-state index in [4.69, 9.17) is 4.74 Å². The fourth-order valence-electron chi connectivity index (χ4n) is 2.34. The molecule has 0 bridgehead atoms. The summed E-state index contributed by atoms with van der Waals surface area (Å²) in [5, 5.41) is 1.53. The van der Waals surface area contributed by atoms with Crippen LogP contribution in [0.4, 0.5) is 13.2 Å². The van der Waals surface area contributed by atoms with Crippen LogP contribution in [0.25, 0.3) is 10.8 Å². The normalized spacial score (nSPS) is 19.1. The van der Waals surface area contributed by atoms with Gasteiger partial charge < -0.3 is 4.74 Å². The molecule has 0 radical (unpaired) electrons. The van der Waals surface area contributed by atoms with Gasteiger partial charge in [-0.1, -0.05) is 30.3 Å². The van der Waals surface area contributed by atoms with Crippen LogP contribution in [-0.2, 0) is 11.2 Å². The summed E-state index contributed by atoms with van der Waals surface area (Å²) in [6, 6.07) is 10.4. The summed E-state index contributed by atoms with van der Waals surface area (Å²) in [4.78, 5) is 11.4. The van der Waals surface area contributed by atoms with Crippen LogP contribution in [-0.4, -0.2) is 12.1 Å². The van der Waals surface area contributed by atoms with Crippen molar-refractivity contribution in [3.05, 3.63) is 42.0 Å². The molecule has 3 rings (SSSR count). The van der Waals surface area contributed by atoms with E-state index in [1.54, 1.807) is 24.3 Å². The van der Waals surface area contributed by atoms with Crippen molar-refractivity contribution in [1.29, 1.82) is 0 Å². The number of hydrogen-bond donors (Lipinski definition) is 0. The monoisotopic (exact) mass is 266 g/mol. The van der Waals surface area contributed by atoms with Crippen LogP contribution < -0.4 is 4.74 Å². The van der Waals surface area contributed by atoms with Gasteiger partial charge in [0.25, 0.3) is 0 Å². The highest BCUT2D eigenvalue weighted by molar-refractivity contribution is 5.91. The van der Waals surface area contributed by atoms with E-state index in [-0.39, 0.29) is 12.2 Å². The molecule has 0 saturated carbocycles. The van der Waals surface area contributed by atoms with Crippen LogP contribution in [0.3, 0.4) is 0 Å². The molecule has 0 aliphatic carbocycles. The average Bonchev–Trinajstić information content (AvgIpc) is 2.36. The maximum absolute atomic E-state index is 12.8. The van der Waals surface area contributed by atoms with Crippen LogP contribution in [0.2, 0.25) is 0 Å². The zero-order valence-electron chi connectivity index (χ0n) is 9.70. The van der Waals surface area contributed by atoms with Gasteiger partial charge in [-0.05, 0) is 23.3 Å². The molecular weight excluding hydrogens is 257 g/mol. The second-order valence-corrected chi connectivity index (χ2v) is 4.48. The van der Waals surface area contributed by atoms with Crippen LogP contribution in [0.1, 0.15) is 5.56 Å². The van der Waals surface area contributed by atoms with Gasteiger partial charge in [0.1, 0.15) is 5.75 Å². The van der Waals surface area contributed by atoms with Crippen LogP contribution in [0.15, 0.2) is 36.4 Å². The lowest BCUT2D eigenvalue weighted by Crippen LogP contribution is -2.38. The highest BCUT2D eigenvalue weighted by Gasteiger charge is 2.48. The van der Waals surface area contributed by atoms with Crippen molar-refractivity contribution >= 4 is 16.7 Å². The van der Waals surface area contributed by atoms with Gasteiger partial charge >= 0.3 is 12.1 Å². The minimum atomic E-state index is -4.58. The number of benzene rings is 2. The minimum Gasteiger partial charge on any atom is -0.426 e. The van der Waals surface area contributed by atoms with Crippen molar-refractivity contribution in [3.63, 3.8) is 0 Å². The molecule has 19 heavy (non-hydrogen) atoms. The van der Waals surface area contributed by atoms with E-state index in [1.807, 2.05) is 12.1 Å². The lowest BCUT2D eigenvalue weighted by atomic mass is 9.91. The summed E-state index contributed by atoms with van der Waals surface area (Å²) >= 11 is 0. The Hall–Kier alpha value is -2.04. The van der Waals surface area contributed by atoms with Crippen molar-refractivity contribution in [1.82, 2.24) is 0 Å². The number of fused-ring (bicyclic) bond motifs is 3. The molecule has 1 heterocycles. The molecule has 0 amide bonds. The highest BCUT2D eigenvalue weighted by Crippen LogP contribution is 2.39. The summed E-state index contributed by atoms with van der Waals surface area (Å²) in [7, 11) is 0. The largest absolute Gasteiger partial charge is 0.426 e. The first-order valence-corrected chi connectivity index (χ1v) is 5.76. The maximum Gasteiger partial charge on any atom is 0.402 e. The first-order chi connectivity index (χ1) is 8.97. The molecule has 1 aliphatic heterocycles. The van der Waals surface area contributed by atoms with Crippen molar-refractivity contribution < 1.29 is 22.7 Å². The Bertz CT molecular complexity index is 661. The second-order valence-electron chi connectivity index (χ2n) is 4.48. The summed E-state index contributed by atoms with van der Waals surface area (Å²) < 4.78 is 43.2. The third-order valence-electron chi connectivity index (χ3n) is 3.30. The van der Waals surface area contributed by atoms with E-state index >= 15 is 0 Å². The van der Waals surface area contributed by atoms with Crippen molar-refractivity contribution in [2.24, 2.45) is 5.92 Å². The molecule has 0 N–H and O–H groups in total. The third kappa shape index (κ3) is 1.95. The summed E-state index contributed by atoms with van der Waals surface area (Å²) in [5.74, 6) is -3.08. The smallest absolute Gasteiger partial charge is 0.402 e. The lowest BCUT2D eigenvalue weighted by molar-refractivity contribution is -0.193. The molecule has 2 aromatic carbocycles. The Morgan fingerprint density at radius 3 is 2.58 bits per heavy atom. The van der Waals surface area contributed by atoms with Crippen molar-refractivity contribution in [3.8, 4) is 5.75 Å². The second kappa shape index (κ2) is 3.98. The van der Waals surface area contributed by atoms with Crippen LogP contribution >= 0.6 is 0 Å². The number of esters is 1. The predicted molar refractivity (Wildman–Crippen MR) is 62.8 cm³/mol. The molecule has 0 saturated heterocycles. The molecule has 1 aliphatic rings. The quantitative estimate of drug-likeness (QED) is 0.539. The first-order valence-electron chi connectivity index (χ1n) is 5.76. The molecule has 5 heteroatoms. The van der Waals surface area contributed by atoms with Gasteiger partial charge in [-0.25, -0.2) is 0 Å².